The molecule has 0 aliphatic heterocycles. The Bertz CT molecular complexity index is 879. The van der Waals surface area contributed by atoms with Crippen LogP contribution in [0, 0.1) is 24.3 Å². The number of benzene rings is 2. The van der Waals surface area contributed by atoms with Crippen molar-refractivity contribution in [3.8, 4) is 17.2 Å². The van der Waals surface area contributed by atoms with Crippen LogP contribution in [0.5, 0.6) is 0 Å². The second-order valence-corrected chi connectivity index (χ2v) is 6.00. The summed E-state index contributed by atoms with van der Waals surface area (Å²) in [4.78, 5) is 0. The Morgan fingerprint density at radius 1 is 1.00 bits per heavy atom. The second kappa shape index (κ2) is 7.43. The van der Waals surface area contributed by atoms with Crippen molar-refractivity contribution in [3.05, 3.63) is 58.7 Å². The Kier molecular flexibility index (Phi) is 5.76. The fourth-order valence-electron chi connectivity index (χ4n) is 2.82. The van der Waals surface area contributed by atoms with E-state index < -0.39 is 35.8 Å². The Morgan fingerprint density at radius 2 is 1.54 bits per heavy atom. The third-order valence-electron chi connectivity index (χ3n) is 4.02. The van der Waals surface area contributed by atoms with E-state index in [4.69, 9.17) is 10.00 Å². The predicted octanol–water partition coefficient (Wildman–Crippen LogP) is 5.77. The largest absolute Gasteiger partial charge is 0.435 e. The normalized spacial score (nSPS) is 12.7. The van der Waals surface area contributed by atoms with Crippen LogP contribution in [0.2, 0.25) is 0 Å². The topological polar surface area (TPSA) is 33.0 Å². The number of halogens is 7. The van der Waals surface area contributed by atoms with Crippen LogP contribution in [0.1, 0.15) is 22.3 Å². The molecule has 0 spiro atoms. The molecule has 1 radical (unpaired) electrons. The molecule has 0 atom stereocenters. The standard InChI is InChI=1S/C19H13F7NO/c1-11-7-14(10-28-2)16(13-5-3-12(9-27)4-6-13)15(8-11)17(20,18(21,22)23)19(24,25)26/h3-6,8H,10H2,1-2H3. The van der Waals surface area contributed by atoms with Crippen LogP contribution in [0.3, 0.4) is 0 Å². The first-order valence-electron chi connectivity index (χ1n) is 7.75. The van der Waals surface area contributed by atoms with Crippen molar-refractivity contribution >= 4 is 0 Å². The summed E-state index contributed by atoms with van der Waals surface area (Å²) in [5.74, 6) is 0. The fourth-order valence-corrected chi connectivity index (χ4v) is 2.82. The van der Waals surface area contributed by atoms with Gasteiger partial charge in [0.1, 0.15) is 0 Å². The first-order valence-corrected chi connectivity index (χ1v) is 7.75. The van der Waals surface area contributed by atoms with Gasteiger partial charge >= 0.3 is 18.0 Å². The molecule has 9 heteroatoms. The molecule has 0 N–H and O–H groups in total. The van der Waals surface area contributed by atoms with Gasteiger partial charge in [-0.05, 0) is 47.4 Å². The minimum absolute atomic E-state index is 0.116. The number of alkyl halides is 7. The number of hydrogen-bond acceptors (Lipinski definition) is 2. The Morgan fingerprint density at radius 3 is 1.96 bits per heavy atom. The molecule has 0 bridgehead atoms. The average Bonchev–Trinajstić information content (AvgIpc) is 2.59. The highest BCUT2D eigenvalue weighted by atomic mass is 19.4. The van der Waals surface area contributed by atoms with E-state index in [9.17, 15) is 30.7 Å². The van der Waals surface area contributed by atoms with E-state index in [1.165, 1.54) is 26.2 Å². The zero-order chi connectivity index (χ0) is 21.3. The lowest BCUT2D eigenvalue weighted by molar-refractivity contribution is -0.348. The molecular weight excluding hydrogens is 391 g/mol. The SMILES string of the molecule is COCc1[c]c(C)cc(C(F)(C(F)(F)F)C(F)(F)F)c1-c1ccc(C#N)cc1. The monoisotopic (exact) mass is 404 g/mol. The van der Waals surface area contributed by atoms with Crippen LogP contribution in [-0.2, 0) is 17.0 Å². The number of methoxy groups -OCH3 is 1. The van der Waals surface area contributed by atoms with Crippen molar-refractivity contribution in [2.45, 2.75) is 31.6 Å². The summed E-state index contributed by atoms with van der Waals surface area (Å²) in [7, 11) is 1.19. The van der Waals surface area contributed by atoms with Crippen molar-refractivity contribution in [1.82, 2.24) is 0 Å². The highest BCUT2D eigenvalue weighted by Crippen LogP contribution is 2.55. The molecule has 2 aromatic carbocycles. The van der Waals surface area contributed by atoms with Gasteiger partial charge in [0.15, 0.2) is 0 Å². The lowest BCUT2D eigenvalue weighted by atomic mass is 9.83. The minimum Gasteiger partial charge on any atom is -0.380 e. The summed E-state index contributed by atoms with van der Waals surface area (Å²) >= 11 is 0. The Hall–Kier alpha value is -2.60. The molecule has 2 nitrogen and oxygen atoms in total. The number of hydrogen-bond donors (Lipinski definition) is 0. The molecule has 0 aliphatic rings. The van der Waals surface area contributed by atoms with Crippen molar-refractivity contribution in [2.75, 3.05) is 7.11 Å². The van der Waals surface area contributed by atoms with Crippen LogP contribution >= 0.6 is 0 Å². The summed E-state index contributed by atoms with van der Waals surface area (Å²) in [6.07, 6.45) is -12.5. The Labute approximate surface area is 156 Å². The van der Waals surface area contributed by atoms with Gasteiger partial charge in [-0.3, -0.25) is 0 Å². The summed E-state index contributed by atoms with van der Waals surface area (Å²) < 4.78 is 100.0. The van der Waals surface area contributed by atoms with Crippen LogP contribution in [0.25, 0.3) is 11.1 Å². The Balaban J connectivity index is 2.95. The quantitative estimate of drug-likeness (QED) is 0.606. The van der Waals surface area contributed by atoms with Crippen molar-refractivity contribution in [3.63, 3.8) is 0 Å². The maximum atomic E-state index is 14.9. The first-order chi connectivity index (χ1) is 12.9. The molecule has 0 fully saturated rings. The number of nitrogens with zero attached hydrogens (tertiary/aromatic N) is 1. The molecule has 0 saturated heterocycles. The maximum Gasteiger partial charge on any atom is 0.435 e. The third kappa shape index (κ3) is 3.69. The third-order valence-corrected chi connectivity index (χ3v) is 4.02. The smallest absolute Gasteiger partial charge is 0.380 e. The molecule has 0 heterocycles. The van der Waals surface area contributed by atoms with E-state index >= 15 is 0 Å². The van der Waals surface area contributed by atoms with Gasteiger partial charge in [0.2, 0.25) is 0 Å². The number of ether oxygens (including phenoxy) is 1. The maximum absolute atomic E-state index is 14.9. The highest BCUT2D eigenvalue weighted by Gasteiger charge is 2.74. The summed E-state index contributed by atoms with van der Waals surface area (Å²) in [5.41, 5.74) is -8.12. The van der Waals surface area contributed by atoms with E-state index in [1.54, 1.807) is 6.07 Å². The molecule has 149 valence electrons. The van der Waals surface area contributed by atoms with Gasteiger partial charge in [0, 0.05) is 12.7 Å². The predicted molar refractivity (Wildman–Crippen MR) is 85.8 cm³/mol. The average molecular weight is 404 g/mol. The van der Waals surface area contributed by atoms with E-state index in [0.717, 1.165) is 12.1 Å². The molecule has 0 unspecified atom stereocenters. The molecule has 0 aromatic heterocycles. The van der Waals surface area contributed by atoms with Crippen LogP contribution in [0.15, 0.2) is 30.3 Å². The van der Waals surface area contributed by atoms with Crippen molar-refractivity contribution in [2.24, 2.45) is 0 Å². The summed E-state index contributed by atoms with van der Waals surface area (Å²) in [5, 5.41) is 8.84. The second-order valence-electron chi connectivity index (χ2n) is 6.00. The van der Waals surface area contributed by atoms with Gasteiger partial charge in [0.05, 0.1) is 18.2 Å². The zero-order valence-electron chi connectivity index (χ0n) is 14.6. The lowest BCUT2D eigenvalue weighted by Crippen LogP contribution is -2.50. The number of aryl methyl sites for hydroxylation is 1. The molecule has 2 aromatic rings. The molecule has 0 aliphatic carbocycles. The van der Waals surface area contributed by atoms with Crippen LogP contribution < -0.4 is 0 Å². The van der Waals surface area contributed by atoms with Gasteiger partial charge in [-0.25, -0.2) is 4.39 Å². The van der Waals surface area contributed by atoms with Crippen molar-refractivity contribution < 1.29 is 35.5 Å². The van der Waals surface area contributed by atoms with Gasteiger partial charge in [-0.2, -0.15) is 31.6 Å². The van der Waals surface area contributed by atoms with Crippen LogP contribution in [-0.4, -0.2) is 19.5 Å². The van der Waals surface area contributed by atoms with Gasteiger partial charge in [0.25, 0.3) is 0 Å². The van der Waals surface area contributed by atoms with Crippen molar-refractivity contribution in [1.29, 1.82) is 5.26 Å². The first kappa shape index (κ1) is 21.7. The van der Waals surface area contributed by atoms with E-state index in [1.807, 2.05) is 0 Å². The lowest BCUT2D eigenvalue weighted by Gasteiger charge is -2.33. The van der Waals surface area contributed by atoms with E-state index in [-0.39, 0.29) is 22.3 Å². The van der Waals surface area contributed by atoms with Gasteiger partial charge in [-0.1, -0.05) is 18.2 Å². The highest BCUT2D eigenvalue weighted by molar-refractivity contribution is 5.73. The summed E-state index contributed by atoms with van der Waals surface area (Å²) in [6, 6.07) is 9.59. The van der Waals surface area contributed by atoms with Gasteiger partial charge < -0.3 is 4.74 Å². The van der Waals surface area contributed by atoms with Crippen LogP contribution in [0.4, 0.5) is 30.7 Å². The zero-order valence-corrected chi connectivity index (χ0v) is 14.6. The van der Waals surface area contributed by atoms with E-state index in [0.29, 0.717) is 6.07 Å². The minimum atomic E-state index is -6.26. The molecular formula is C19H13F7NO. The van der Waals surface area contributed by atoms with E-state index in [2.05, 4.69) is 6.07 Å². The molecule has 2 rings (SSSR count). The summed E-state index contributed by atoms with van der Waals surface area (Å²) in [6.45, 7) is 0.814. The van der Waals surface area contributed by atoms with Gasteiger partial charge in [-0.15, -0.1) is 0 Å². The molecule has 0 amide bonds. The molecule has 28 heavy (non-hydrogen) atoms. The number of nitriles is 1. The fraction of sp³-hybridized carbons (Fsp3) is 0.316. The number of rotatable bonds is 4. The molecule has 0 saturated carbocycles.